The minimum atomic E-state index is -0.844. The second-order valence-corrected chi connectivity index (χ2v) is 3.25. The standard InChI is InChI=1S/C7H10N2O2S/c1-4(6(10)11)5-3-12-7(8-2)9-5/h3-4H,1-2H3,(H,8,9)(H,10,11). The molecule has 4 nitrogen and oxygen atoms in total. The molecule has 0 amide bonds. The number of aromatic nitrogens is 1. The van der Waals surface area contributed by atoms with Crippen molar-refractivity contribution in [3.05, 3.63) is 11.1 Å². The van der Waals surface area contributed by atoms with Crippen LogP contribution in [0.2, 0.25) is 0 Å². The number of nitrogens with one attached hydrogen (secondary N) is 1. The lowest BCUT2D eigenvalue weighted by Crippen LogP contribution is -2.07. The largest absolute Gasteiger partial charge is 0.481 e. The van der Waals surface area contributed by atoms with Crippen molar-refractivity contribution in [2.75, 3.05) is 12.4 Å². The van der Waals surface area contributed by atoms with Gasteiger partial charge in [0.25, 0.3) is 0 Å². The van der Waals surface area contributed by atoms with Crippen LogP contribution in [0.4, 0.5) is 5.13 Å². The number of carbonyl (C=O) groups is 1. The Hall–Kier alpha value is -1.10. The van der Waals surface area contributed by atoms with Crippen LogP contribution in [0.1, 0.15) is 18.5 Å². The first kappa shape index (κ1) is 8.99. The van der Waals surface area contributed by atoms with Crippen molar-refractivity contribution >= 4 is 22.4 Å². The highest BCUT2D eigenvalue weighted by molar-refractivity contribution is 7.13. The highest BCUT2D eigenvalue weighted by atomic mass is 32.1. The van der Waals surface area contributed by atoms with Gasteiger partial charge in [-0.3, -0.25) is 4.79 Å². The van der Waals surface area contributed by atoms with Crippen LogP contribution in [0, 0.1) is 0 Å². The maximum atomic E-state index is 10.5. The molecule has 0 saturated heterocycles. The summed E-state index contributed by atoms with van der Waals surface area (Å²) in [5.41, 5.74) is 0.608. The summed E-state index contributed by atoms with van der Waals surface area (Å²) in [4.78, 5) is 14.6. The molecule has 1 rings (SSSR count). The third-order valence-electron chi connectivity index (χ3n) is 1.55. The van der Waals surface area contributed by atoms with E-state index in [1.165, 1.54) is 11.3 Å². The quantitative estimate of drug-likeness (QED) is 0.748. The lowest BCUT2D eigenvalue weighted by molar-refractivity contribution is -0.138. The van der Waals surface area contributed by atoms with Crippen molar-refractivity contribution in [2.45, 2.75) is 12.8 Å². The molecule has 0 aromatic carbocycles. The molecule has 1 heterocycles. The van der Waals surface area contributed by atoms with Crippen molar-refractivity contribution in [1.82, 2.24) is 4.98 Å². The molecule has 1 unspecified atom stereocenters. The third kappa shape index (κ3) is 1.73. The van der Waals surface area contributed by atoms with E-state index in [-0.39, 0.29) is 0 Å². The zero-order valence-electron chi connectivity index (χ0n) is 6.87. The first-order valence-electron chi connectivity index (χ1n) is 3.51. The number of carboxylic acid groups (broad SMARTS) is 1. The number of aliphatic carboxylic acids is 1. The van der Waals surface area contributed by atoms with E-state index in [2.05, 4.69) is 10.3 Å². The van der Waals surface area contributed by atoms with Crippen molar-refractivity contribution in [2.24, 2.45) is 0 Å². The van der Waals surface area contributed by atoms with Gasteiger partial charge in [0.1, 0.15) is 0 Å². The first-order chi connectivity index (χ1) is 5.65. The summed E-state index contributed by atoms with van der Waals surface area (Å²) in [6, 6.07) is 0. The Bertz CT molecular complexity index is 285. The lowest BCUT2D eigenvalue weighted by Gasteiger charge is -1.99. The number of carboxylic acids is 1. The Kier molecular flexibility index (Phi) is 2.65. The van der Waals surface area contributed by atoms with Crippen LogP contribution in [0.15, 0.2) is 5.38 Å². The lowest BCUT2D eigenvalue weighted by atomic mass is 10.1. The molecule has 0 spiro atoms. The molecule has 12 heavy (non-hydrogen) atoms. The van der Waals surface area contributed by atoms with Crippen LogP contribution in [-0.4, -0.2) is 23.1 Å². The molecule has 2 N–H and O–H groups in total. The van der Waals surface area contributed by atoms with Gasteiger partial charge >= 0.3 is 5.97 Å². The van der Waals surface area contributed by atoms with Crippen molar-refractivity contribution in [1.29, 1.82) is 0 Å². The van der Waals surface area contributed by atoms with Crippen molar-refractivity contribution in [3.63, 3.8) is 0 Å². The Morgan fingerprint density at radius 1 is 1.83 bits per heavy atom. The summed E-state index contributed by atoms with van der Waals surface area (Å²) < 4.78 is 0. The van der Waals surface area contributed by atoms with E-state index < -0.39 is 11.9 Å². The maximum absolute atomic E-state index is 10.5. The number of thiazole rings is 1. The molecule has 1 aromatic heterocycles. The Morgan fingerprint density at radius 3 is 2.92 bits per heavy atom. The molecule has 0 saturated carbocycles. The second-order valence-electron chi connectivity index (χ2n) is 2.39. The average Bonchev–Trinajstić information content (AvgIpc) is 2.50. The number of nitrogens with zero attached hydrogens (tertiary/aromatic N) is 1. The Morgan fingerprint density at radius 2 is 2.50 bits per heavy atom. The molecule has 0 aliphatic heterocycles. The molecule has 5 heteroatoms. The maximum Gasteiger partial charge on any atom is 0.312 e. The number of anilines is 1. The number of hydrogen-bond acceptors (Lipinski definition) is 4. The van der Waals surface area contributed by atoms with Gasteiger partial charge in [0, 0.05) is 12.4 Å². The van der Waals surface area contributed by atoms with E-state index in [0.717, 1.165) is 5.13 Å². The zero-order chi connectivity index (χ0) is 9.14. The van der Waals surface area contributed by atoms with E-state index in [0.29, 0.717) is 5.69 Å². The number of rotatable bonds is 3. The van der Waals surface area contributed by atoms with Crippen LogP contribution in [0.3, 0.4) is 0 Å². The molecule has 0 fully saturated rings. The van der Waals surface area contributed by atoms with Gasteiger partial charge in [-0.1, -0.05) is 0 Å². The summed E-state index contributed by atoms with van der Waals surface area (Å²) in [6.45, 7) is 1.62. The minimum Gasteiger partial charge on any atom is -0.481 e. The molecular weight excluding hydrogens is 176 g/mol. The van der Waals surface area contributed by atoms with Crippen molar-refractivity contribution < 1.29 is 9.90 Å². The van der Waals surface area contributed by atoms with Gasteiger partial charge in [-0.05, 0) is 6.92 Å². The molecule has 0 radical (unpaired) electrons. The summed E-state index contributed by atoms with van der Waals surface area (Å²) in [5.74, 6) is -1.37. The van der Waals surface area contributed by atoms with Gasteiger partial charge in [0.15, 0.2) is 5.13 Å². The van der Waals surface area contributed by atoms with Crippen LogP contribution >= 0.6 is 11.3 Å². The molecule has 66 valence electrons. The SMILES string of the molecule is CNc1nc(C(C)C(=O)O)cs1. The summed E-state index contributed by atoms with van der Waals surface area (Å²) in [7, 11) is 1.76. The minimum absolute atomic E-state index is 0.525. The molecular formula is C7H10N2O2S. The van der Waals surface area contributed by atoms with E-state index in [1.807, 2.05) is 0 Å². The predicted octanol–water partition coefficient (Wildman–Crippen LogP) is 1.37. The van der Waals surface area contributed by atoms with Crippen LogP contribution in [-0.2, 0) is 4.79 Å². The fourth-order valence-electron chi connectivity index (χ4n) is 0.726. The van der Waals surface area contributed by atoms with Gasteiger partial charge < -0.3 is 10.4 Å². The molecule has 0 aliphatic rings. The second kappa shape index (κ2) is 3.53. The molecule has 0 bridgehead atoms. The summed E-state index contributed by atoms with van der Waals surface area (Å²) in [5, 5.41) is 14.0. The Balaban J connectivity index is 2.81. The van der Waals surface area contributed by atoms with E-state index in [9.17, 15) is 4.79 Å². The van der Waals surface area contributed by atoms with Gasteiger partial charge in [0.2, 0.25) is 0 Å². The van der Waals surface area contributed by atoms with Gasteiger partial charge in [0.05, 0.1) is 11.6 Å². The summed E-state index contributed by atoms with van der Waals surface area (Å²) in [6.07, 6.45) is 0. The van der Waals surface area contributed by atoms with E-state index in [4.69, 9.17) is 5.11 Å². The summed E-state index contributed by atoms with van der Waals surface area (Å²) >= 11 is 1.41. The predicted molar refractivity (Wildman–Crippen MR) is 47.7 cm³/mol. The van der Waals surface area contributed by atoms with Crippen molar-refractivity contribution in [3.8, 4) is 0 Å². The first-order valence-corrected chi connectivity index (χ1v) is 4.39. The molecule has 1 aromatic rings. The van der Waals surface area contributed by atoms with Gasteiger partial charge in [-0.2, -0.15) is 0 Å². The van der Waals surface area contributed by atoms with Crippen LogP contribution in [0.5, 0.6) is 0 Å². The molecule has 1 atom stereocenters. The normalized spacial score (nSPS) is 12.5. The van der Waals surface area contributed by atoms with E-state index in [1.54, 1.807) is 19.4 Å². The highest BCUT2D eigenvalue weighted by Gasteiger charge is 2.16. The topological polar surface area (TPSA) is 62.2 Å². The van der Waals surface area contributed by atoms with Gasteiger partial charge in [-0.15, -0.1) is 11.3 Å². The van der Waals surface area contributed by atoms with Gasteiger partial charge in [-0.25, -0.2) is 4.98 Å². The van der Waals surface area contributed by atoms with E-state index >= 15 is 0 Å². The molecule has 0 aliphatic carbocycles. The third-order valence-corrected chi connectivity index (χ3v) is 2.43. The Labute approximate surface area is 74.3 Å². The van der Waals surface area contributed by atoms with Crippen LogP contribution < -0.4 is 5.32 Å². The van der Waals surface area contributed by atoms with Crippen LogP contribution in [0.25, 0.3) is 0 Å². The smallest absolute Gasteiger partial charge is 0.312 e. The highest BCUT2D eigenvalue weighted by Crippen LogP contribution is 2.21. The zero-order valence-corrected chi connectivity index (χ0v) is 7.68. The monoisotopic (exact) mass is 186 g/mol. The average molecular weight is 186 g/mol. The fourth-order valence-corrected chi connectivity index (χ4v) is 1.49. The fraction of sp³-hybridized carbons (Fsp3) is 0.429. The number of hydrogen-bond donors (Lipinski definition) is 2.